The molecule has 0 saturated heterocycles. The smallest absolute Gasteiger partial charge is 0.224 e. The topological polar surface area (TPSA) is 52.5 Å². The van der Waals surface area contributed by atoms with Crippen molar-refractivity contribution >= 4 is 11.6 Å². The summed E-state index contributed by atoms with van der Waals surface area (Å²) in [6.07, 6.45) is 3.10. The van der Waals surface area contributed by atoms with Crippen LogP contribution >= 0.6 is 0 Å². The molecular weight excluding hydrogens is 268 g/mol. The molecule has 1 heterocycles. The molecule has 1 amide bonds. The normalized spacial score (nSPS) is 10.2. The molecule has 0 spiro atoms. The van der Waals surface area contributed by atoms with Crippen molar-refractivity contribution in [2.45, 2.75) is 12.8 Å². The van der Waals surface area contributed by atoms with Gasteiger partial charge in [-0.1, -0.05) is 0 Å². The van der Waals surface area contributed by atoms with Gasteiger partial charge < -0.3 is 19.4 Å². The van der Waals surface area contributed by atoms with E-state index in [9.17, 15) is 4.79 Å². The van der Waals surface area contributed by atoms with Crippen LogP contribution in [0.3, 0.4) is 0 Å². The van der Waals surface area contributed by atoms with Crippen LogP contribution in [0.4, 0.5) is 5.69 Å². The summed E-state index contributed by atoms with van der Waals surface area (Å²) in [7, 11) is 5.13. The highest BCUT2D eigenvalue weighted by Crippen LogP contribution is 2.29. The standard InChI is InChI=1S/C16H20N2O3/c1-18-10-4-5-12(18)6-9-16(19)17-14-8-7-13(20-2)11-15(14)21-3/h4-5,7-8,10-11H,6,9H2,1-3H3,(H,17,19). The van der Waals surface area contributed by atoms with E-state index in [4.69, 9.17) is 9.47 Å². The number of carbonyl (C=O) groups is 1. The monoisotopic (exact) mass is 288 g/mol. The number of rotatable bonds is 6. The van der Waals surface area contributed by atoms with Crippen molar-refractivity contribution in [2.24, 2.45) is 7.05 Å². The van der Waals surface area contributed by atoms with Gasteiger partial charge in [-0.3, -0.25) is 4.79 Å². The van der Waals surface area contributed by atoms with Crippen LogP contribution in [0.25, 0.3) is 0 Å². The van der Waals surface area contributed by atoms with E-state index in [2.05, 4.69) is 5.32 Å². The zero-order chi connectivity index (χ0) is 15.2. The van der Waals surface area contributed by atoms with Gasteiger partial charge in [0.25, 0.3) is 0 Å². The lowest BCUT2D eigenvalue weighted by molar-refractivity contribution is -0.116. The molecule has 0 aliphatic rings. The first-order valence-corrected chi connectivity index (χ1v) is 6.76. The highest BCUT2D eigenvalue weighted by molar-refractivity contribution is 5.92. The zero-order valence-electron chi connectivity index (χ0n) is 12.6. The van der Waals surface area contributed by atoms with Crippen molar-refractivity contribution in [2.75, 3.05) is 19.5 Å². The van der Waals surface area contributed by atoms with Gasteiger partial charge in [-0.25, -0.2) is 0 Å². The summed E-state index contributed by atoms with van der Waals surface area (Å²) in [4.78, 5) is 12.0. The number of anilines is 1. The first kappa shape index (κ1) is 15.0. The van der Waals surface area contributed by atoms with Crippen LogP contribution in [0, 0.1) is 0 Å². The molecule has 0 unspecified atom stereocenters. The quantitative estimate of drug-likeness (QED) is 0.889. The van der Waals surface area contributed by atoms with Crippen molar-refractivity contribution in [3.8, 4) is 11.5 Å². The molecule has 0 saturated carbocycles. The first-order valence-electron chi connectivity index (χ1n) is 6.76. The Balaban J connectivity index is 1.97. The summed E-state index contributed by atoms with van der Waals surface area (Å²) in [5.41, 5.74) is 1.78. The number of amides is 1. The van der Waals surface area contributed by atoms with E-state index in [0.717, 1.165) is 5.69 Å². The number of hydrogen-bond donors (Lipinski definition) is 1. The van der Waals surface area contributed by atoms with Crippen LogP contribution in [0.1, 0.15) is 12.1 Å². The van der Waals surface area contributed by atoms with Crippen LogP contribution in [-0.2, 0) is 18.3 Å². The lowest BCUT2D eigenvalue weighted by Crippen LogP contribution is -2.13. The minimum atomic E-state index is -0.0420. The minimum absolute atomic E-state index is 0.0420. The second kappa shape index (κ2) is 6.83. The summed E-state index contributed by atoms with van der Waals surface area (Å²) >= 11 is 0. The highest BCUT2D eigenvalue weighted by atomic mass is 16.5. The third kappa shape index (κ3) is 3.78. The van der Waals surface area contributed by atoms with Gasteiger partial charge in [0.05, 0.1) is 19.9 Å². The number of aromatic nitrogens is 1. The molecular formula is C16H20N2O3. The number of nitrogens with one attached hydrogen (secondary N) is 1. The van der Waals surface area contributed by atoms with Crippen LogP contribution in [-0.4, -0.2) is 24.7 Å². The van der Waals surface area contributed by atoms with Crippen molar-refractivity contribution in [1.29, 1.82) is 0 Å². The Morgan fingerprint density at radius 3 is 2.67 bits per heavy atom. The van der Waals surface area contributed by atoms with E-state index in [1.807, 2.05) is 29.9 Å². The fourth-order valence-electron chi connectivity index (χ4n) is 2.11. The van der Waals surface area contributed by atoms with Crippen molar-refractivity contribution in [3.05, 3.63) is 42.2 Å². The van der Waals surface area contributed by atoms with Gasteiger partial charge in [-0.2, -0.15) is 0 Å². The third-order valence-corrected chi connectivity index (χ3v) is 3.34. The van der Waals surface area contributed by atoms with Gasteiger partial charge in [-0.15, -0.1) is 0 Å². The molecule has 0 aliphatic heterocycles. The van der Waals surface area contributed by atoms with Gasteiger partial charge in [0, 0.05) is 31.4 Å². The van der Waals surface area contributed by atoms with E-state index >= 15 is 0 Å². The predicted octanol–water partition coefficient (Wildman–Crippen LogP) is 2.61. The molecule has 1 aromatic carbocycles. The molecule has 112 valence electrons. The molecule has 0 aliphatic carbocycles. The van der Waals surface area contributed by atoms with E-state index in [1.54, 1.807) is 32.4 Å². The zero-order valence-corrected chi connectivity index (χ0v) is 12.6. The van der Waals surface area contributed by atoms with Gasteiger partial charge in [-0.05, 0) is 30.7 Å². The average molecular weight is 288 g/mol. The van der Waals surface area contributed by atoms with E-state index in [-0.39, 0.29) is 5.91 Å². The SMILES string of the molecule is COc1ccc(NC(=O)CCc2cccn2C)c(OC)c1. The third-order valence-electron chi connectivity index (χ3n) is 3.34. The fourth-order valence-corrected chi connectivity index (χ4v) is 2.11. The van der Waals surface area contributed by atoms with Crippen molar-refractivity contribution in [1.82, 2.24) is 4.57 Å². The minimum Gasteiger partial charge on any atom is -0.497 e. The summed E-state index contributed by atoms with van der Waals surface area (Å²) in [6, 6.07) is 9.29. The molecule has 0 atom stereocenters. The molecule has 2 aromatic rings. The number of ether oxygens (including phenoxy) is 2. The lowest BCUT2D eigenvalue weighted by Gasteiger charge is -2.11. The molecule has 1 N–H and O–H groups in total. The van der Waals surface area contributed by atoms with Gasteiger partial charge in [0.2, 0.25) is 5.91 Å². The maximum atomic E-state index is 12.0. The van der Waals surface area contributed by atoms with E-state index in [1.165, 1.54) is 0 Å². The molecule has 0 bridgehead atoms. The molecule has 5 nitrogen and oxygen atoms in total. The van der Waals surface area contributed by atoms with Crippen LogP contribution in [0.2, 0.25) is 0 Å². The second-order valence-electron chi connectivity index (χ2n) is 4.72. The van der Waals surface area contributed by atoms with Gasteiger partial charge in [0.1, 0.15) is 11.5 Å². The Morgan fingerprint density at radius 1 is 1.24 bits per heavy atom. The Kier molecular flexibility index (Phi) is 4.87. The van der Waals surface area contributed by atoms with Crippen LogP contribution < -0.4 is 14.8 Å². The molecule has 0 fully saturated rings. The molecule has 5 heteroatoms. The first-order chi connectivity index (χ1) is 10.1. The molecule has 1 aromatic heterocycles. The Labute approximate surface area is 124 Å². The maximum Gasteiger partial charge on any atom is 0.224 e. The number of carbonyl (C=O) groups excluding carboxylic acids is 1. The summed E-state index contributed by atoms with van der Waals surface area (Å²) in [6.45, 7) is 0. The maximum absolute atomic E-state index is 12.0. The molecule has 2 rings (SSSR count). The number of hydrogen-bond acceptors (Lipinski definition) is 3. The highest BCUT2D eigenvalue weighted by Gasteiger charge is 2.09. The van der Waals surface area contributed by atoms with Gasteiger partial charge >= 0.3 is 0 Å². The Bertz CT molecular complexity index is 620. The number of nitrogens with zero attached hydrogens (tertiary/aromatic N) is 1. The van der Waals surface area contributed by atoms with Crippen LogP contribution in [0.5, 0.6) is 11.5 Å². The van der Waals surface area contributed by atoms with Gasteiger partial charge in [0.15, 0.2) is 0 Å². The molecule has 0 radical (unpaired) electrons. The number of aryl methyl sites for hydroxylation is 2. The summed E-state index contributed by atoms with van der Waals surface area (Å²) in [5, 5.41) is 2.87. The molecule has 21 heavy (non-hydrogen) atoms. The predicted molar refractivity (Wildman–Crippen MR) is 81.9 cm³/mol. The Hall–Kier alpha value is -2.43. The van der Waals surface area contributed by atoms with Crippen molar-refractivity contribution < 1.29 is 14.3 Å². The Morgan fingerprint density at radius 2 is 2.05 bits per heavy atom. The van der Waals surface area contributed by atoms with E-state index < -0.39 is 0 Å². The number of methoxy groups -OCH3 is 2. The fraction of sp³-hybridized carbons (Fsp3) is 0.312. The average Bonchev–Trinajstić information content (AvgIpc) is 2.91. The van der Waals surface area contributed by atoms with Crippen LogP contribution in [0.15, 0.2) is 36.5 Å². The number of benzene rings is 1. The largest absolute Gasteiger partial charge is 0.497 e. The van der Waals surface area contributed by atoms with E-state index in [0.29, 0.717) is 30.0 Å². The summed E-state index contributed by atoms with van der Waals surface area (Å²) in [5.74, 6) is 1.23. The second-order valence-corrected chi connectivity index (χ2v) is 4.72. The summed E-state index contributed by atoms with van der Waals surface area (Å²) < 4.78 is 12.4. The lowest BCUT2D eigenvalue weighted by atomic mass is 10.2. The van der Waals surface area contributed by atoms with Crippen molar-refractivity contribution in [3.63, 3.8) is 0 Å².